The molecule has 2 radical (unpaired) electrons. The molecular weight excluding hydrogens is 341 g/mol. The van der Waals surface area contributed by atoms with Gasteiger partial charge in [-0.3, -0.25) is 0 Å². The number of hydrogen-bond donors (Lipinski definition) is 0. The van der Waals surface area contributed by atoms with Crippen LogP contribution < -0.4 is 0 Å². The molecule has 0 nitrogen and oxygen atoms in total. The molecule has 0 aliphatic heterocycles. The van der Waals surface area contributed by atoms with Crippen molar-refractivity contribution in [2.45, 2.75) is 14.8 Å². The molecular formula is C3H9ReSn. The van der Waals surface area contributed by atoms with E-state index in [0.29, 0.717) is 0 Å². The zero-order valence-electron chi connectivity index (χ0n) is 3.88. The van der Waals surface area contributed by atoms with E-state index in [4.69, 9.17) is 0 Å². The Bertz CT molecular complexity index is 11.6. The van der Waals surface area contributed by atoms with Gasteiger partial charge in [-0.25, -0.2) is 0 Å². The first-order valence-corrected chi connectivity index (χ1v) is 10.1. The molecule has 0 amide bonds. The standard InChI is InChI=1S/3CH3.Re.Sn/h3*1H3;;. The summed E-state index contributed by atoms with van der Waals surface area (Å²) in [5, 5.41) is 0. The maximum atomic E-state index is 2.36. The second-order valence-corrected chi connectivity index (χ2v) is 10.1. The Kier molecular flexibility index (Phi) is 10.6. The van der Waals surface area contributed by atoms with Crippen LogP contribution in [0.3, 0.4) is 0 Å². The summed E-state index contributed by atoms with van der Waals surface area (Å²) in [6, 6.07) is 0. The number of hydrogen-bond acceptors (Lipinski definition) is 0. The first-order chi connectivity index (χ1) is 1.73. The normalized spacial score (nSPS) is 7.20. The molecule has 2 heteroatoms. The molecule has 0 aromatic heterocycles. The van der Waals surface area contributed by atoms with Crippen molar-refractivity contribution in [3.05, 3.63) is 0 Å². The van der Waals surface area contributed by atoms with Crippen LogP contribution in [0.25, 0.3) is 0 Å². The minimum atomic E-state index is -0.543. The van der Waals surface area contributed by atoms with Gasteiger partial charge in [0.1, 0.15) is 0 Å². The molecule has 0 bridgehead atoms. The van der Waals surface area contributed by atoms with Gasteiger partial charge in [-0.15, -0.1) is 0 Å². The second kappa shape index (κ2) is 5.46. The molecule has 0 fully saturated rings. The van der Waals surface area contributed by atoms with E-state index in [-0.39, 0.29) is 20.4 Å². The van der Waals surface area contributed by atoms with Crippen LogP contribution in [0.2, 0.25) is 14.8 Å². The molecule has 0 aromatic rings. The summed E-state index contributed by atoms with van der Waals surface area (Å²) in [5.74, 6) is 0. The van der Waals surface area contributed by atoms with E-state index >= 15 is 0 Å². The van der Waals surface area contributed by atoms with E-state index in [1.165, 1.54) is 0 Å². The monoisotopic (exact) mass is 352 g/mol. The van der Waals surface area contributed by atoms with Gasteiger partial charge in [0.15, 0.2) is 0 Å². The molecule has 5 heavy (non-hydrogen) atoms. The first kappa shape index (κ1) is 9.68. The van der Waals surface area contributed by atoms with Gasteiger partial charge in [0, 0.05) is 20.4 Å². The van der Waals surface area contributed by atoms with Gasteiger partial charge in [0.25, 0.3) is 0 Å². The zero-order valence-corrected chi connectivity index (χ0v) is 9.45. The average Bonchev–Trinajstić information content (AvgIpc) is 0.811. The molecule has 0 heterocycles. The average molecular weight is 350 g/mol. The van der Waals surface area contributed by atoms with Crippen LogP contribution in [0.4, 0.5) is 0 Å². The Balaban J connectivity index is 0. The molecule has 0 aromatic carbocycles. The quantitative estimate of drug-likeness (QED) is 0.579. The summed E-state index contributed by atoms with van der Waals surface area (Å²) < 4.78 is 0. The Morgan fingerprint density at radius 2 is 1.00 bits per heavy atom. The van der Waals surface area contributed by atoms with Gasteiger partial charge in [0.05, 0.1) is 0 Å². The van der Waals surface area contributed by atoms with Crippen molar-refractivity contribution in [1.29, 1.82) is 0 Å². The summed E-state index contributed by atoms with van der Waals surface area (Å²) in [4.78, 5) is 7.09. The van der Waals surface area contributed by atoms with Gasteiger partial charge < -0.3 is 0 Å². The summed E-state index contributed by atoms with van der Waals surface area (Å²) in [6.07, 6.45) is 0. The summed E-state index contributed by atoms with van der Waals surface area (Å²) in [5.41, 5.74) is 0. The van der Waals surface area contributed by atoms with E-state index in [9.17, 15) is 0 Å². The second-order valence-electron chi connectivity index (χ2n) is 1.50. The molecule has 0 N–H and O–H groups in total. The van der Waals surface area contributed by atoms with Gasteiger partial charge >= 0.3 is 34.6 Å². The van der Waals surface area contributed by atoms with Crippen molar-refractivity contribution in [2.75, 3.05) is 0 Å². The van der Waals surface area contributed by atoms with Crippen LogP contribution in [0, 0.1) is 0 Å². The minimum absolute atomic E-state index is 0. The molecule has 0 aliphatic rings. The van der Waals surface area contributed by atoms with Crippen LogP contribution in [-0.4, -0.2) is 19.8 Å². The smallest absolute Gasteiger partial charge is 0 e. The molecule has 0 spiro atoms. The number of rotatable bonds is 0. The van der Waals surface area contributed by atoms with Crippen molar-refractivity contribution in [2.24, 2.45) is 0 Å². The Morgan fingerprint density at radius 1 is 1.00 bits per heavy atom. The molecule has 0 atom stereocenters. The van der Waals surface area contributed by atoms with Crippen LogP contribution in [0.5, 0.6) is 0 Å². The van der Waals surface area contributed by atoms with Crippen LogP contribution in [0.15, 0.2) is 0 Å². The largest absolute Gasteiger partial charge is 0 e. The third-order valence-corrected chi connectivity index (χ3v) is 0. The van der Waals surface area contributed by atoms with Gasteiger partial charge in [-0.05, 0) is 0 Å². The third kappa shape index (κ3) is 30.6. The SMILES string of the molecule is [CH3][Sn]([CH3])[CH3].[Re]. The van der Waals surface area contributed by atoms with Crippen LogP contribution >= 0.6 is 0 Å². The fourth-order valence-corrected chi connectivity index (χ4v) is 0. The molecule has 0 saturated carbocycles. The predicted octanol–water partition coefficient (Wildman–Crippen LogP) is 1.37. The first-order valence-electron chi connectivity index (χ1n) is 1.50. The van der Waals surface area contributed by atoms with Crippen molar-refractivity contribution in [3.8, 4) is 0 Å². The van der Waals surface area contributed by atoms with Gasteiger partial charge in [0.2, 0.25) is 0 Å². The van der Waals surface area contributed by atoms with Crippen molar-refractivity contribution >= 4 is 19.8 Å². The van der Waals surface area contributed by atoms with Crippen molar-refractivity contribution in [1.82, 2.24) is 0 Å². The topological polar surface area (TPSA) is 0 Å². The Hall–Kier alpha value is 1.46. The predicted molar refractivity (Wildman–Crippen MR) is 23.3 cm³/mol. The molecule has 0 saturated heterocycles. The summed E-state index contributed by atoms with van der Waals surface area (Å²) in [7, 11) is 0. The van der Waals surface area contributed by atoms with E-state index in [1.54, 1.807) is 0 Å². The third-order valence-electron chi connectivity index (χ3n) is 0. The maximum Gasteiger partial charge on any atom is 0 e. The van der Waals surface area contributed by atoms with E-state index < -0.39 is 19.8 Å². The maximum absolute atomic E-state index is 2.36. The van der Waals surface area contributed by atoms with Crippen molar-refractivity contribution in [3.63, 3.8) is 0 Å². The molecule has 32 valence electrons. The van der Waals surface area contributed by atoms with E-state index in [1.807, 2.05) is 0 Å². The Labute approximate surface area is 54.7 Å². The summed E-state index contributed by atoms with van der Waals surface area (Å²) >= 11 is -0.543. The van der Waals surface area contributed by atoms with Gasteiger partial charge in [-0.1, -0.05) is 0 Å². The summed E-state index contributed by atoms with van der Waals surface area (Å²) in [6.45, 7) is 0. The van der Waals surface area contributed by atoms with E-state index in [0.717, 1.165) is 0 Å². The zero-order chi connectivity index (χ0) is 3.58. The fourth-order valence-electron chi connectivity index (χ4n) is 0. The Morgan fingerprint density at radius 3 is 1.00 bits per heavy atom. The van der Waals surface area contributed by atoms with E-state index in [2.05, 4.69) is 14.8 Å². The minimum Gasteiger partial charge on any atom is 0 e. The fraction of sp³-hybridized carbons (Fsp3) is 1.00. The van der Waals surface area contributed by atoms with Crippen LogP contribution in [-0.2, 0) is 20.4 Å². The van der Waals surface area contributed by atoms with Crippen molar-refractivity contribution < 1.29 is 20.4 Å². The van der Waals surface area contributed by atoms with Gasteiger partial charge in [-0.2, -0.15) is 0 Å². The molecule has 0 rings (SSSR count). The molecule has 0 unspecified atom stereocenters. The van der Waals surface area contributed by atoms with Crippen LogP contribution in [0.1, 0.15) is 0 Å². The molecule has 0 aliphatic carbocycles.